The highest BCUT2D eigenvalue weighted by molar-refractivity contribution is 5.69. The van der Waals surface area contributed by atoms with Gasteiger partial charge in [-0.25, -0.2) is 0 Å². The topological polar surface area (TPSA) is 77.7 Å². The second-order valence-corrected chi connectivity index (χ2v) is 4.82. The largest absolute Gasteiger partial charge is 0.469 e. The van der Waals surface area contributed by atoms with Gasteiger partial charge in [0.15, 0.2) is 0 Å². The fourth-order valence-electron chi connectivity index (χ4n) is 2.36. The highest BCUT2D eigenvalue weighted by Crippen LogP contribution is 2.14. The number of ether oxygens (including phenoxy) is 2. The maximum absolute atomic E-state index is 11.3. The van der Waals surface area contributed by atoms with Crippen LogP contribution in [0, 0.1) is 0 Å². The molecule has 0 radical (unpaired) electrons. The zero-order valence-corrected chi connectivity index (χ0v) is 11.7. The number of nitrogens with two attached hydrogens (primary N) is 1. The molecule has 110 valence electrons. The van der Waals surface area contributed by atoms with Crippen molar-refractivity contribution in [3.05, 3.63) is 29.6 Å². The van der Waals surface area contributed by atoms with Crippen LogP contribution in [0.15, 0.2) is 18.3 Å². The number of nitrogens with zero attached hydrogens (tertiary/aromatic N) is 2. The first kappa shape index (κ1) is 14.9. The van der Waals surface area contributed by atoms with Crippen LogP contribution in [0.3, 0.4) is 0 Å². The Morgan fingerprint density at radius 2 is 2.50 bits per heavy atom. The van der Waals surface area contributed by atoms with Crippen LogP contribution in [-0.2, 0) is 27.4 Å². The van der Waals surface area contributed by atoms with Crippen LogP contribution in [0.25, 0.3) is 0 Å². The van der Waals surface area contributed by atoms with Gasteiger partial charge in [-0.15, -0.1) is 0 Å². The van der Waals surface area contributed by atoms with Crippen LogP contribution in [-0.4, -0.2) is 48.8 Å². The van der Waals surface area contributed by atoms with E-state index < -0.39 is 0 Å². The Bertz CT molecular complexity index is 453. The lowest BCUT2D eigenvalue weighted by Crippen LogP contribution is -2.43. The first-order valence-electron chi connectivity index (χ1n) is 6.76. The number of esters is 1. The van der Waals surface area contributed by atoms with Gasteiger partial charge in [-0.3, -0.25) is 14.7 Å². The summed E-state index contributed by atoms with van der Waals surface area (Å²) in [5.41, 5.74) is 7.75. The molecule has 1 atom stereocenters. The van der Waals surface area contributed by atoms with Gasteiger partial charge in [0.05, 0.1) is 31.9 Å². The normalized spacial score (nSPS) is 19.8. The maximum atomic E-state index is 11.3. The van der Waals surface area contributed by atoms with Crippen LogP contribution < -0.4 is 5.73 Å². The number of aromatic nitrogens is 1. The van der Waals surface area contributed by atoms with Crippen LogP contribution >= 0.6 is 0 Å². The van der Waals surface area contributed by atoms with E-state index in [2.05, 4.69) is 14.6 Å². The molecule has 1 aliphatic heterocycles. The van der Waals surface area contributed by atoms with E-state index in [-0.39, 0.29) is 12.1 Å². The van der Waals surface area contributed by atoms with Gasteiger partial charge in [0.25, 0.3) is 0 Å². The summed E-state index contributed by atoms with van der Waals surface area (Å²) in [5.74, 6) is -0.235. The number of hydrogen-bond donors (Lipinski definition) is 1. The van der Waals surface area contributed by atoms with Crippen molar-refractivity contribution in [2.75, 3.05) is 26.8 Å². The Balaban J connectivity index is 1.94. The van der Waals surface area contributed by atoms with Gasteiger partial charge in [0.2, 0.25) is 0 Å². The molecule has 1 unspecified atom stereocenters. The summed E-state index contributed by atoms with van der Waals surface area (Å²) in [6.45, 7) is 3.40. The van der Waals surface area contributed by atoms with Crippen LogP contribution in [0.4, 0.5) is 0 Å². The summed E-state index contributed by atoms with van der Waals surface area (Å²) in [5, 5.41) is 0. The van der Waals surface area contributed by atoms with E-state index in [1.807, 2.05) is 12.1 Å². The third kappa shape index (κ3) is 4.00. The molecular weight excluding hydrogens is 258 g/mol. The monoisotopic (exact) mass is 279 g/mol. The van der Waals surface area contributed by atoms with Crippen molar-refractivity contribution in [3.8, 4) is 0 Å². The number of hydrogen-bond acceptors (Lipinski definition) is 6. The van der Waals surface area contributed by atoms with E-state index in [4.69, 9.17) is 10.5 Å². The van der Waals surface area contributed by atoms with Crippen LogP contribution in [0.5, 0.6) is 0 Å². The van der Waals surface area contributed by atoms with Crippen molar-refractivity contribution in [1.82, 2.24) is 9.88 Å². The van der Waals surface area contributed by atoms with Crippen molar-refractivity contribution in [2.45, 2.75) is 25.6 Å². The molecule has 0 bridgehead atoms. The van der Waals surface area contributed by atoms with Gasteiger partial charge in [-0.2, -0.15) is 0 Å². The zero-order chi connectivity index (χ0) is 14.4. The van der Waals surface area contributed by atoms with Gasteiger partial charge in [-0.05, 0) is 11.6 Å². The number of methoxy groups -OCH3 is 1. The number of morpholine rings is 1. The first-order valence-corrected chi connectivity index (χ1v) is 6.76. The molecule has 0 aromatic carbocycles. The minimum atomic E-state index is -0.235. The van der Waals surface area contributed by atoms with E-state index in [0.717, 1.165) is 24.3 Å². The third-order valence-electron chi connectivity index (χ3n) is 3.42. The highest BCUT2D eigenvalue weighted by Gasteiger charge is 2.23. The second kappa shape index (κ2) is 7.33. The van der Waals surface area contributed by atoms with Crippen molar-refractivity contribution >= 4 is 5.97 Å². The summed E-state index contributed by atoms with van der Waals surface area (Å²) in [7, 11) is 1.39. The number of carbonyl (C=O) groups is 1. The molecule has 20 heavy (non-hydrogen) atoms. The molecule has 1 aromatic heterocycles. The molecule has 6 nitrogen and oxygen atoms in total. The molecule has 1 fully saturated rings. The van der Waals surface area contributed by atoms with E-state index in [9.17, 15) is 4.79 Å². The quantitative estimate of drug-likeness (QED) is 0.781. The lowest BCUT2D eigenvalue weighted by Gasteiger charge is -2.32. The third-order valence-corrected chi connectivity index (χ3v) is 3.42. The fourth-order valence-corrected chi connectivity index (χ4v) is 2.36. The van der Waals surface area contributed by atoms with Crippen molar-refractivity contribution < 1.29 is 14.3 Å². The molecule has 0 spiro atoms. The summed E-state index contributed by atoms with van der Waals surface area (Å²) in [6.07, 6.45) is 1.95. The van der Waals surface area contributed by atoms with Crippen LogP contribution in [0.2, 0.25) is 0 Å². The van der Waals surface area contributed by atoms with Gasteiger partial charge in [0.1, 0.15) is 0 Å². The molecule has 1 aliphatic rings. The first-order chi connectivity index (χ1) is 9.72. The molecule has 2 heterocycles. The second-order valence-electron chi connectivity index (χ2n) is 4.82. The average molecular weight is 279 g/mol. The number of rotatable bonds is 5. The van der Waals surface area contributed by atoms with E-state index in [0.29, 0.717) is 26.1 Å². The Morgan fingerprint density at radius 3 is 3.25 bits per heavy atom. The number of carbonyl (C=O) groups excluding carboxylic acids is 1. The molecule has 1 saturated heterocycles. The molecule has 2 N–H and O–H groups in total. The SMILES string of the molecule is COC(=O)CC1CN(Cc2cccnc2CN)CCO1. The average Bonchev–Trinajstić information content (AvgIpc) is 2.48. The van der Waals surface area contributed by atoms with Crippen LogP contribution in [0.1, 0.15) is 17.7 Å². The predicted octanol–water partition coefficient (Wildman–Crippen LogP) is 0.304. The maximum Gasteiger partial charge on any atom is 0.308 e. The van der Waals surface area contributed by atoms with Gasteiger partial charge in [0, 0.05) is 32.4 Å². The van der Waals surface area contributed by atoms with E-state index in [1.54, 1.807) is 6.20 Å². The van der Waals surface area contributed by atoms with Gasteiger partial charge in [-0.1, -0.05) is 6.07 Å². The summed E-state index contributed by atoms with van der Waals surface area (Å²) in [6, 6.07) is 3.96. The van der Waals surface area contributed by atoms with E-state index >= 15 is 0 Å². The summed E-state index contributed by atoms with van der Waals surface area (Å²) in [4.78, 5) is 17.8. The Labute approximate surface area is 118 Å². The summed E-state index contributed by atoms with van der Waals surface area (Å²) < 4.78 is 10.3. The summed E-state index contributed by atoms with van der Waals surface area (Å²) >= 11 is 0. The standard InChI is InChI=1S/C14H21N3O3/c1-19-14(18)7-12-10-17(5-6-20-12)9-11-3-2-4-16-13(11)8-15/h2-4,12H,5-10,15H2,1H3. The van der Waals surface area contributed by atoms with Crippen molar-refractivity contribution in [1.29, 1.82) is 0 Å². The molecular formula is C14H21N3O3. The minimum Gasteiger partial charge on any atom is -0.469 e. The number of pyridine rings is 1. The smallest absolute Gasteiger partial charge is 0.308 e. The molecule has 1 aromatic rings. The molecule has 0 amide bonds. The zero-order valence-electron chi connectivity index (χ0n) is 11.7. The Kier molecular flexibility index (Phi) is 5.46. The predicted molar refractivity (Wildman–Crippen MR) is 73.8 cm³/mol. The molecule has 2 rings (SSSR count). The van der Waals surface area contributed by atoms with Crippen molar-refractivity contribution in [2.24, 2.45) is 5.73 Å². The van der Waals surface area contributed by atoms with E-state index in [1.165, 1.54) is 7.11 Å². The molecule has 0 saturated carbocycles. The molecule has 6 heteroatoms. The highest BCUT2D eigenvalue weighted by atomic mass is 16.5. The Morgan fingerprint density at radius 1 is 1.65 bits per heavy atom. The minimum absolute atomic E-state index is 0.103. The lowest BCUT2D eigenvalue weighted by molar-refractivity contribution is -0.145. The van der Waals surface area contributed by atoms with Crippen molar-refractivity contribution in [3.63, 3.8) is 0 Å². The van der Waals surface area contributed by atoms with Gasteiger partial charge < -0.3 is 15.2 Å². The lowest BCUT2D eigenvalue weighted by atomic mass is 10.1. The van der Waals surface area contributed by atoms with Gasteiger partial charge >= 0.3 is 5.97 Å². The Hall–Kier alpha value is -1.50. The fraction of sp³-hybridized carbons (Fsp3) is 0.571. The molecule has 0 aliphatic carbocycles.